The lowest BCUT2D eigenvalue weighted by atomic mass is 9.90. The molecule has 20 heavy (non-hydrogen) atoms. The number of nitrogens with two attached hydrogens (primary N) is 2. The molecule has 108 valence electrons. The molecule has 1 aromatic carbocycles. The maximum atomic E-state index is 13.8. The zero-order valence-electron chi connectivity index (χ0n) is 11.4. The molecule has 0 saturated carbocycles. The van der Waals surface area contributed by atoms with Gasteiger partial charge in [-0.15, -0.1) is 0 Å². The van der Waals surface area contributed by atoms with Crippen molar-refractivity contribution >= 4 is 22.9 Å². The van der Waals surface area contributed by atoms with Gasteiger partial charge < -0.3 is 16.2 Å². The van der Waals surface area contributed by atoms with E-state index < -0.39 is 11.4 Å². The highest BCUT2D eigenvalue weighted by Crippen LogP contribution is 2.37. The minimum Gasteiger partial charge on any atom is -0.494 e. The Kier molecular flexibility index (Phi) is 4.17. The van der Waals surface area contributed by atoms with E-state index in [1.165, 1.54) is 24.9 Å². The second-order valence-corrected chi connectivity index (χ2v) is 5.71. The van der Waals surface area contributed by atoms with E-state index in [0.717, 1.165) is 17.7 Å². The summed E-state index contributed by atoms with van der Waals surface area (Å²) in [5.41, 5.74) is 11.0. The molecule has 0 aromatic heterocycles. The Bertz CT molecular complexity index is 571. The quantitative estimate of drug-likeness (QED) is 0.644. The van der Waals surface area contributed by atoms with Gasteiger partial charge in [0.05, 0.1) is 12.6 Å². The molecule has 2 rings (SSSR count). The predicted molar refractivity (Wildman–Crippen MR) is 80.6 cm³/mol. The van der Waals surface area contributed by atoms with Crippen molar-refractivity contribution in [2.45, 2.75) is 18.9 Å². The van der Waals surface area contributed by atoms with E-state index in [9.17, 15) is 4.39 Å². The standard InChI is InChI=1S/C13H17FN4OS/c1-13(5-6-20-12(18-13)17-11(15)16)8-3-4-10(19-2)9(14)7-8/h3-4,7H,5-6H2,1-2H3,(H4,15,16,17,18). The molecule has 0 saturated heterocycles. The average molecular weight is 296 g/mol. The van der Waals surface area contributed by atoms with Crippen LogP contribution in [0, 0.1) is 5.82 Å². The summed E-state index contributed by atoms with van der Waals surface area (Å²) in [6.45, 7) is 1.94. The van der Waals surface area contributed by atoms with Crippen LogP contribution in [0.25, 0.3) is 0 Å². The molecule has 0 radical (unpaired) electrons. The Morgan fingerprint density at radius 2 is 2.25 bits per heavy atom. The second-order valence-electron chi connectivity index (χ2n) is 4.65. The summed E-state index contributed by atoms with van der Waals surface area (Å²) in [6.07, 6.45) is 0.785. The molecule has 4 N–H and O–H groups in total. The number of methoxy groups -OCH3 is 1. The number of aliphatic imine (C=N–C) groups is 2. The van der Waals surface area contributed by atoms with E-state index in [1.54, 1.807) is 6.07 Å². The normalized spacial score (nSPS) is 22.1. The van der Waals surface area contributed by atoms with Gasteiger partial charge in [-0.3, -0.25) is 0 Å². The van der Waals surface area contributed by atoms with Crippen molar-refractivity contribution < 1.29 is 9.13 Å². The van der Waals surface area contributed by atoms with Crippen LogP contribution in [-0.2, 0) is 5.54 Å². The van der Waals surface area contributed by atoms with Crippen LogP contribution in [-0.4, -0.2) is 24.0 Å². The first-order chi connectivity index (χ1) is 9.44. The molecule has 0 spiro atoms. The summed E-state index contributed by atoms with van der Waals surface area (Å²) in [5, 5.41) is 0.523. The Morgan fingerprint density at radius 3 is 2.85 bits per heavy atom. The zero-order chi connectivity index (χ0) is 14.8. The lowest BCUT2D eigenvalue weighted by Crippen LogP contribution is -2.28. The smallest absolute Gasteiger partial charge is 0.193 e. The number of hydrogen-bond donors (Lipinski definition) is 2. The van der Waals surface area contributed by atoms with Crippen molar-refractivity contribution in [2.75, 3.05) is 12.9 Å². The molecule has 0 fully saturated rings. The maximum absolute atomic E-state index is 13.8. The number of benzene rings is 1. The van der Waals surface area contributed by atoms with Crippen LogP contribution < -0.4 is 16.2 Å². The molecular weight excluding hydrogens is 279 g/mol. The molecule has 7 heteroatoms. The third-order valence-corrected chi connectivity index (χ3v) is 4.01. The van der Waals surface area contributed by atoms with E-state index >= 15 is 0 Å². The van der Waals surface area contributed by atoms with Gasteiger partial charge in [0, 0.05) is 5.75 Å². The highest BCUT2D eigenvalue weighted by Gasteiger charge is 2.30. The molecule has 1 unspecified atom stereocenters. The van der Waals surface area contributed by atoms with Gasteiger partial charge in [-0.1, -0.05) is 17.8 Å². The molecule has 1 aromatic rings. The van der Waals surface area contributed by atoms with E-state index in [1.807, 2.05) is 13.0 Å². The number of thioether (sulfide) groups is 1. The van der Waals surface area contributed by atoms with Gasteiger partial charge >= 0.3 is 0 Å². The lowest BCUT2D eigenvalue weighted by molar-refractivity contribution is 0.384. The largest absolute Gasteiger partial charge is 0.494 e. The second kappa shape index (κ2) is 5.70. The topological polar surface area (TPSA) is 86.0 Å². The monoisotopic (exact) mass is 296 g/mol. The van der Waals surface area contributed by atoms with Crippen LogP contribution >= 0.6 is 11.8 Å². The fourth-order valence-electron chi connectivity index (χ4n) is 2.02. The molecule has 5 nitrogen and oxygen atoms in total. The number of halogens is 1. The van der Waals surface area contributed by atoms with Gasteiger partial charge in [-0.05, 0) is 31.0 Å². The Balaban J connectivity index is 2.39. The molecule has 1 aliphatic heterocycles. The lowest BCUT2D eigenvalue weighted by Gasteiger charge is -2.29. The zero-order valence-corrected chi connectivity index (χ0v) is 12.2. The summed E-state index contributed by atoms with van der Waals surface area (Å²) in [6, 6.07) is 4.87. The van der Waals surface area contributed by atoms with Gasteiger partial charge in [0.15, 0.2) is 22.7 Å². The minimum absolute atomic E-state index is 0.0265. The first-order valence-electron chi connectivity index (χ1n) is 6.11. The highest BCUT2D eigenvalue weighted by molar-refractivity contribution is 8.13. The SMILES string of the molecule is COc1ccc(C2(C)CCSC(N=C(N)N)=N2)cc1F. The van der Waals surface area contributed by atoms with Crippen LogP contribution in [0.5, 0.6) is 5.75 Å². The molecule has 0 aliphatic carbocycles. The third kappa shape index (κ3) is 3.04. The van der Waals surface area contributed by atoms with Gasteiger partial charge in [-0.2, -0.15) is 4.99 Å². The summed E-state index contributed by atoms with van der Waals surface area (Å²) in [7, 11) is 1.44. The molecular formula is C13H17FN4OS. The fraction of sp³-hybridized carbons (Fsp3) is 0.385. The maximum Gasteiger partial charge on any atom is 0.193 e. The summed E-state index contributed by atoms with van der Waals surface area (Å²) >= 11 is 1.48. The number of rotatable bonds is 2. The van der Waals surface area contributed by atoms with Crippen LogP contribution in [0.4, 0.5) is 4.39 Å². The summed E-state index contributed by atoms with van der Waals surface area (Å²) in [4.78, 5) is 8.53. The van der Waals surface area contributed by atoms with Gasteiger partial charge in [0.2, 0.25) is 0 Å². The van der Waals surface area contributed by atoms with Crippen molar-refractivity contribution in [2.24, 2.45) is 21.5 Å². The molecule has 1 heterocycles. The Morgan fingerprint density at radius 1 is 1.50 bits per heavy atom. The molecule has 1 aliphatic rings. The Hall–Kier alpha value is -1.76. The summed E-state index contributed by atoms with van der Waals surface area (Å²) in [5.74, 6) is 0.611. The summed E-state index contributed by atoms with van der Waals surface area (Å²) < 4.78 is 18.8. The van der Waals surface area contributed by atoms with Gasteiger partial charge in [0.25, 0.3) is 0 Å². The molecule has 0 amide bonds. The van der Waals surface area contributed by atoms with Crippen molar-refractivity contribution in [3.8, 4) is 5.75 Å². The van der Waals surface area contributed by atoms with Crippen LogP contribution in [0.15, 0.2) is 28.2 Å². The highest BCUT2D eigenvalue weighted by atomic mass is 32.2. The number of guanidine groups is 1. The van der Waals surface area contributed by atoms with Crippen molar-refractivity contribution in [3.63, 3.8) is 0 Å². The predicted octanol–water partition coefficient (Wildman–Crippen LogP) is 1.82. The van der Waals surface area contributed by atoms with Gasteiger partial charge in [-0.25, -0.2) is 9.38 Å². The molecule has 1 atom stereocenters. The number of amidine groups is 1. The minimum atomic E-state index is -0.535. The Labute approximate surface area is 121 Å². The fourth-order valence-corrected chi connectivity index (χ4v) is 3.14. The van der Waals surface area contributed by atoms with Crippen LogP contribution in [0.2, 0.25) is 0 Å². The van der Waals surface area contributed by atoms with Crippen LogP contribution in [0.3, 0.4) is 0 Å². The first kappa shape index (κ1) is 14.6. The first-order valence-corrected chi connectivity index (χ1v) is 7.09. The van der Waals surface area contributed by atoms with E-state index in [-0.39, 0.29) is 11.7 Å². The van der Waals surface area contributed by atoms with Crippen molar-refractivity contribution in [3.05, 3.63) is 29.6 Å². The van der Waals surface area contributed by atoms with E-state index in [0.29, 0.717) is 5.17 Å². The van der Waals surface area contributed by atoms with Crippen molar-refractivity contribution in [1.82, 2.24) is 0 Å². The number of ether oxygens (including phenoxy) is 1. The third-order valence-electron chi connectivity index (χ3n) is 3.16. The molecule has 0 bridgehead atoms. The van der Waals surface area contributed by atoms with E-state index in [2.05, 4.69) is 9.98 Å². The average Bonchev–Trinajstić information content (AvgIpc) is 2.38. The number of nitrogens with zero attached hydrogens (tertiary/aromatic N) is 2. The van der Waals surface area contributed by atoms with Crippen LogP contribution in [0.1, 0.15) is 18.9 Å². The van der Waals surface area contributed by atoms with Gasteiger partial charge in [0.1, 0.15) is 0 Å². The number of hydrogen-bond acceptors (Lipinski definition) is 4. The van der Waals surface area contributed by atoms with Crippen molar-refractivity contribution in [1.29, 1.82) is 0 Å². The van der Waals surface area contributed by atoms with E-state index in [4.69, 9.17) is 16.2 Å².